The molecule has 0 atom stereocenters. The van der Waals surface area contributed by atoms with Crippen LogP contribution in [0.2, 0.25) is 0 Å². The summed E-state index contributed by atoms with van der Waals surface area (Å²) in [5.74, 6) is -0.358. The number of rotatable bonds is 2. The zero-order chi connectivity index (χ0) is 13.4. The fourth-order valence-corrected chi connectivity index (χ4v) is 1.31. The highest BCUT2D eigenvalue weighted by Crippen LogP contribution is 2.30. The van der Waals surface area contributed by atoms with E-state index in [4.69, 9.17) is 0 Å². The monoisotopic (exact) mass is 273 g/mol. The Morgan fingerprint density at radius 1 is 1.24 bits per heavy atom. The maximum Gasteiger partial charge on any atom is 0.433 e. The van der Waals surface area contributed by atoms with Crippen LogP contribution >= 0.6 is 0 Å². The molecule has 0 bridgehead atoms. The molecule has 17 heavy (non-hydrogen) atoms. The Balaban J connectivity index is 3.51. The van der Waals surface area contributed by atoms with E-state index >= 15 is 0 Å². The van der Waals surface area contributed by atoms with E-state index in [1.165, 1.54) is 14.1 Å². The van der Waals surface area contributed by atoms with Gasteiger partial charge in [0.05, 0.1) is 0 Å². The van der Waals surface area contributed by atoms with Gasteiger partial charge >= 0.3 is 16.4 Å². The highest BCUT2D eigenvalue weighted by Gasteiger charge is 2.35. The topological polar surface area (TPSA) is 63.2 Å². The van der Waals surface area contributed by atoms with Crippen LogP contribution in [0.1, 0.15) is 5.69 Å². The Kier molecular flexibility index (Phi) is 3.28. The van der Waals surface area contributed by atoms with E-state index in [9.17, 15) is 25.5 Å². The molecule has 0 aliphatic carbocycles. The van der Waals surface area contributed by atoms with Crippen LogP contribution in [-0.4, -0.2) is 32.5 Å². The third-order valence-electron chi connectivity index (χ3n) is 1.66. The molecule has 5 nitrogen and oxygen atoms in total. The molecule has 0 unspecified atom stereocenters. The Bertz CT molecular complexity index is 526. The number of alkyl halides is 3. The first-order chi connectivity index (χ1) is 7.51. The first kappa shape index (κ1) is 13.6. The minimum atomic E-state index is -5.39. The van der Waals surface area contributed by atoms with Crippen molar-refractivity contribution in [1.29, 1.82) is 0 Å². The third-order valence-corrected chi connectivity index (χ3v) is 2.28. The first-order valence-corrected chi connectivity index (χ1v) is 5.48. The zero-order valence-corrected chi connectivity index (χ0v) is 9.47. The molecule has 0 radical (unpaired) electrons. The van der Waals surface area contributed by atoms with Crippen LogP contribution in [0.4, 0.5) is 22.9 Å². The van der Waals surface area contributed by atoms with E-state index in [0.29, 0.717) is 6.07 Å². The van der Waals surface area contributed by atoms with Crippen LogP contribution in [0.15, 0.2) is 11.2 Å². The average molecular weight is 273 g/mol. The van der Waals surface area contributed by atoms with Crippen LogP contribution in [0, 0.1) is 0 Å². The SMILES string of the molecule is CN(C)c1cc(C(F)(F)F)nc(S(=O)(=O)F)n1. The van der Waals surface area contributed by atoms with Gasteiger partial charge in [-0.2, -0.15) is 26.6 Å². The van der Waals surface area contributed by atoms with E-state index in [1.807, 2.05) is 0 Å². The van der Waals surface area contributed by atoms with Crippen molar-refractivity contribution in [2.24, 2.45) is 0 Å². The van der Waals surface area contributed by atoms with Gasteiger partial charge in [-0.05, 0) is 0 Å². The molecule has 1 aromatic heterocycles. The van der Waals surface area contributed by atoms with Gasteiger partial charge < -0.3 is 4.90 Å². The lowest BCUT2D eigenvalue weighted by Gasteiger charge is -2.14. The van der Waals surface area contributed by atoms with Gasteiger partial charge in [-0.1, -0.05) is 3.89 Å². The van der Waals surface area contributed by atoms with Gasteiger partial charge in [-0.15, -0.1) is 0 Å². The summed E-state index contributed by atoms with van der Waals surface area (Å²) in [5, 5.41) is -1.50. The summed E-state index contributed by atoms with van der Waals surface area (Å²) >= 11 is 0. The van der Waals surface area contributed by atoms with Gasteiger partial charge in [-0.25, -0.2) is 4.98 Å². The summed E-state index contributed by atoms with van der Waals surface area (Å²) in [7, 11) is -2.73. The van der Waals surface area contributed by atoms with Crippen molar-refractivity contribution >= 4 is 16.0 Å². The fourth-order valence-electron chi connectivity index (χ4n) is 0.896. The van der Waals surface area contributed by atoms with Gasteiger partial charge in [0.25, 0.3) is 5.16 Å². The van der Waals surface area contributed by atoms with Crippen LogP contribution in [-0.2, 0) is 16.4 Å². The minimum Gasteiger partial charge on any atom is -0.363 e. The zero-order valence-electron chi connectivity index (χ0n) is 8.66. The first-order valence-electron chi connectivity index (χ1n) is 4.10. The van der Waals surface area contributed by atoms with E-state index in [2.05, 4.69) is 9.97 Å². The number of hydrogen-bond donors (Lipinski definition) is 0. The highest BCUT2D eigenvalue weighted by molar-refractivity contribution is 7.86. The molecule has 0 spiro atoms. The second kappa shape index (κ2) is 4.09. The van der Waals surface area contributed by atoms with Crippen molar-refractivity contribution in [3.05, 3.63) is 11.8 Å². The molecule has 0 aliphatic rings. The molecular weight excluding hydrogens is 266 g/mol. The van der Waals surface area contributed by atoms with Gasteiger partial charge in [0.1, 0.15) is 5.82 Å². The summed E-state index contributed by atoms with van der Waals surface area (Å²) in [6, 6.07) is 0.522. The molecule has 0 fully saturated rings. The second-order valence-corrected chi connectivity index (χ2v) is 4.46. The molecule has 1 heterocycles. The van der Waals surface area contributed by atoms with E-state index in [0.717, 1.165) is 4.90 Å². The number of anilines is 1. The lowest BCUT2D eigenvalue weighted by molar-refractivity contribution is -0.141. The maximum atomic E-state index is 12.6. The predicted molar refractivity (Wildman–Crippen MR) is 49.7 cm³/mol. The normalized spacial score (nSPS) is 12.6. The molecule has 0 N–H and O–H groups in total. The summed E-state index contributed by atoms with van der Waals surface area (Å²) in [6.07, 6.45) is -4.88. The van der Waals surface area contributed by atoms with E-state index < -0.39 is 27.2 Å². The van der Waals surface area contributed by atoms with Gasteiger partial charge in [0.15, 0.2) is 5.69 Å². The maximum absolute atomic E-state index is 12.6. The van der Waals surface area contributed by atoms with Crippen molar-refractivity contribution in [1.82, 2.24) is 9.97 Å². The molecule has 0 saturated carbocycles. The number of aromatic nitrogens is 2. The smallest absolute Gasteiger partial charge is 0.363 e. The van der Waals surface area contributed by atoms with Crippen LogP contribution in [0.5, 0.6) is 0 Å². The van der Waals surface area contributed by atoms with Crippen molar-refractivity contribution < 1.29 is 25.5 Å². The third kappa shape index (κ3) is 3.25. The molecule has 0 aliphatic heterocycles. The quantitative estimate of drug-likeness (QED) is 0.460. The number of halogens is 4. The van der Waals surface area contributed by atoms with Crippen molar-refractivity contribution in [3.63, 3.8) is 0 Å². The predicted octanol–water partition coefficient (Wildman–Crippen LogP) is 1.22. The summed E-state index contributed by atoms with van der Waals surface area (Å²) < 4.78 is 70.7. The molecule has 10 heteroatoms. The fraction of sp³-hybridized carbons (Fsp3) is 0.429. The second-order valence-electron chi connectivity index (χ2n) is 3.22. The number of nitrogens with zero attached hydrogens (tertiary/aromatic N) is 3. The Morgan fingerprint density at radius 2 is 1.76 bits per heavy atom. The lowest BCUT2D eigenvalue weighted by Crippen LogP contribution is -2.18. The Labute approximate surface area is 94.3 Å². The highest BCUT2D eigenvalue weighted by atomic mass is 32.3. The Hall–Kier alpha value is -1.45. The van der Waals surface area contributed by atoms with Gasteiger partial charge in [-0.3, -0.25) is 0 Å². The molecule has 96 valence electrons. The van der Waals surface area contributed by atoms with Crippen molar-refractivity contribution in [2.45, 2.75) is 11.3 Å². The van der Waals surface area contributed by atoms with Crippen LogP contribution < -0.4 is 4.90 Å². The van der Waals surface area contributed by atoms with Crippen molar-refractivity contribution in [3.8, 4) is 0 Å². The van der Waals surface area contributed by atoms with Crippen LogP contribution in [0.25, 0.3) is 0 Å². The summed E-state index contributed by atoms with van der Waals surface area (Å²) in [5.41, 5.74) is -1.52. The molecule has 0 amide bonds. The van der Waals surface area contributed by atoms with Gasteiger partial charge in [0.2, 0.25) is 0 Å². The van der Waals surface area contributed by atoms with Crippen LogP contribution in [0.3, 0.4) is 0 Å². The summed E-state index contributed by atoms with van der Waals surface area (Å²) in [6.45, 7) is 0. The Morgan fingerprint density at radius 3 is 2.12 bits per heavy atom. The van der Waals surface area contributed by atoms with E-state index in [1.54, 1.807) is 0 Å². The van der Waals surface area contributed by atoms with E-state index in [-0.39, 0.29) is 5.82 Å². The molecule has 1 aromatic rings. The largest absolute Gasteiger partial charge is 0.433 e. The summed E-state index contributed by atoms with van der Waals surface area (Å²) in [4.78, 5) is 6.90. The minimum absolute atomic E-state index is 0.358. The lowest BCUT2D eigenvalue weighted by atomic mass is 10.4. The molecule has 0 saturated heterocycles. The molecular formula is C7H7F4N3O2S. The molecule has 0 aromatic carbocycles. The molecule has 1 rings (SSSR count). The average Bonchev–Trinajstić information content (AvgIpc) is 2.14. The van der Waals surface area contributed by atoms with Crippen molar-refractivity contribution in [2.75, 3.05) is 19.0 Å². The van der Waals surface area contributed by atoms with Gasteiger partial charge in [0, 0.05) is 20.2 Å². The standard InChI is InChI=1S/C7H7F4N3O2S/c1-14(2)5-3-4(7(8,9)10)12-6(13-5)17(11,15)16/h3H,1-2H3. The number of hydrogen-bond acceptors (Lipinski definition) is 5.